The van der Waals surface area contributed by atoms with Crippen LogP contribution in [0.2, 0.25) is 0 Å². The number of nitrogens with zero attached hydrogens (tertiary/aromatic N) is 1. The van der Waals surface area contributed by atoms with E-state index in [9.17, 15) is 9.90 Å². The number of phenols is 1. The van der Waals surface area contributed by atoms with Crippen molar-refractivity contribution in [3.8, 4) is 16.9 Å². The second-order valence-corrected chi connectivity index (χ2v) is 8.70. The Morgan fingerprint density at radius 1 is 0.969 bits per heavy atom. The van der Waals surface area contributed by atoms with Gasteiger partial charge in [0.1, 0.15) is 5.75 Å². The maximum atomic E-state index is 12.4. The van der Waals surface area contributed by atoms with Crippen molar-refractivity contribution in [1.82, 2.24) is 10.2 Å². The molecule has 4 heteroatoms. The quantitative estimate of drug-likeness (QED) is 0.493. The van der Waals surface area contributed by atoms with E-state index in [1.807, 2.05) is 48.5 Å². The number of phenolic OH excluding ortho intramolecular Hbond substituents is 1. The first-order chi connectivity index (χ1) is 15.6. The minimum absolute atomic E-state index is 0.0124. The predicted molar refractivity (Wildman–Crippen MR) is 130 cm³/mol. The van der Waals surface area contributed by atoms with Gasteiger partial charge in [-0.15, -0.1) is 0 Å². The first-order valence-corrected chi connectivity index (χ1v) is 11.6. The molecule has 3 aromatic carbocycles. The first kappa shape index (κ1) is 22.1. The van der Waals surface area contributed by atoms with Gasteiger partial charge in [-0.2, -0.15) is 0 Å². The summed E-state index contributed by atoms with van der Waals surface area (Å²) in [4.78, 5) is 14.9. The van der Waals surface area contributed by atoms with E-state index in [1.54, 1.807) is 6.07 Å². The Kier molecular flexibility index (Phi) is 7.23. The summed E-state index contributed by atoms with van der Waals surface area (Å²) in [6.07, 6.45) is 5.03. The average molecular weight is 429 g/mol. The molecule has 0 bridgehead atoms. The van der Waals surface area contributed by atoms with Crippen molar-refractivity contribution in [1.29, 1.82) is 0 Å². The monoisotopic (exact) mass is 428 g/mol. The fourth-order valence-corrected chi connectivity index (χ4v) is 4.56. The molecule has 1 amide bonds. The van der Waals surface area contributed by atoms with Crippen LogP contribution in [0.3, 0.4) is 0 Å². The standard InChI is InChI=1S/C28H32N2O2/c1-30(25-16-17-26-24(20-25)10-7-11-27(26)31)19-6-5-18-29-28(32)23-14-12-22(13-15-23)21-8-3-2-4-9-21/h2-4,7-15,25,31H,5-6,16-20H2,1H3,(H,29,32). The zero-order valence-corrected chi connectivity index (χ0v) is 18.8. The van der Waals surface area contributed by atoms with Gasteiger partial charge >= 0.3 is 0 Å². The molecule has 0 fully saturated rings. The van der Waals surface area contributed by atoms with E-state index in [4.69, 9.17) is 0 Å². The van der Waals surface area contributed by atoms with Gasteiger partial charge in [0, 0.05) is 18.2 Å². The van der Waals surface area contributed by atoms with Gasteiger partial charge in [-0.25, -0.2) is 0 Å². The van der Waals surface area contributed by atoms with Crippen LogP contribution < -0.4 is 5.32 Å². The highest BCUT2D eigenvalue weighted by molar-refractivity contribution is 5.94. The van der Waals surface area contributed by atoms with E-state index in [0.29, 0.717) is 23.9 Å². The average Bonchev–Trinajstić information content (AvgIpc) is 2.84. The molecule has 166 valence electrons. The number of carbonyl (C=O) groups excluding carboxylic acids is 1. The fourth-order valence-electron chi connectivity index (χ4n) is 4.56. The van der Waals surface area contributed by atoms with Gasteiger partial charge in [0.25, 0.3) is 5.91 Å². The number of likely N-dealkylation sites (N-methyl/N-ethyl adjacent to an activating group) is 1. The van der Waals surface area contributed by atoms with Crippen molar-refractivity contribution in [3.05, 3.63) is 89.5 Å². The van der Waals surface area contributed by atoms with Crippen LogP contribution in [0, 0.1) is 0 Å². The molecular formula is C28H32N2O2. The second-order valence-electron chi connectivity index (χ2n) is 8.70. The number of unbranched alkanes of at least 4 members (excludes halogenated alkanes) is 1. The molecule has 3 aromatic rings. The van der Waals surface area contributed by atoms with Crippen molar-refractivity contribution in [2.24, 2.45) is 0 Å². The zero-order valence-electron chi connectivity index (χ0n) is 18.8. The summed E-state index contributed by atoms with van der Waals surface area (Å²) in [6, 6.07) is 24.4. The third-order valence-corrected chi connectivity index (χ3v) is 6.53. The van der Waals surface area contributed by atoms with E-state index < -0.39 is 0 Å². The normalized spacial score (nSPS) is 15.4. The van der Waals surface area contributed by atoms with Crippen LogP contribution in [-0.4, -0.2) is 42.1 Å². The summed E-state index contributed by atoms with van der Waals surface area (Å²) in [7, 11) is 2.19. The number of rotatable bonds is 8. The van der Waals surface area contributed by atoms with Gasteiger partial charge in [-0.3, -0.25) is 4.79 Å². The van der Waals surface area contributed by atoms with Crippen molar-refractivity contribution in [3.63, 3.8) is 0 Å². The Morgan fingerprint density at radius 2 is 1.72 bits per heavy atom. The third kappa shape index (κ3) is 5.38. The lowest BCUT2D eigenvalue weighted by Crippen LogP contribution is -2.37. The summed E-state index contributed by atoms with van der Waals surface area (Å²) in [5.74, 6) is 0.427. The van der Waals surface area contributed by atoms with E-state index in [1.165, 1.54) is 5.56 Å². The molecule has 1 atom stereocenters. The topological polar surface area (TPSA) is 52.6 Å². The molecule has 0 radical (unpaired) electrons. The third-order valence-electron chi connectivity index (χ3n) is 6.53. The van der Waals surface area contributed by atoms with Gasteiger partial charge < -0.3 is 15.3 Å². The Balaban J connectivity index is 1.17. The Labute approximate surface area is 190 Å². The molecule has 4 rings (SSSR count). The molecule has 0 spiro atoms. The van der Waals surface area contributed by atoms with E-state index >= 15 is 0 Å². The molecule has 2 N–H and O–H groups in total. The Hall–Kier alpha value is -3.11. The predicted octanol–water partition coefficient (Wildman–Crippen LogP) is 5.06. The van der Waals surface area contributed by atoms with E-state index in [0.717, 1.165) is 55.3 Å². The van der Waals surface area contributed by atoms with Gasteiger partial charge in [0.15, 0.2) is 0 Å². The summed E-state index contributed by atoms with van der Waals surface area (Å²) in [5, 5.41) is 13.1. The number of amides is 1. The zero-order chi connectivity index (χ0) is 22.3. The number of benzene rings is 3. The maximum absolute atomic E-state index is 12.4. The SMILES string of the molecule is CN(CCCCNC(=O)c1ccc(-c2ccccc2)cc1)C1CCc2c(O)cccc2C1. The summed E-state index contributed by atoms with van der Waals surface area (Å²) >= 11 is 0. The fraction of sp³-hybridized carbons (Fsp3) is 0.321. The Bertz CT molecular complexity index is 1030. The van der Waals surface area contributed by atoms with Crippen molar-refractivity contribution >= 4 is 5.91 Å². The highest BCUT2D eigenvalue weighted by atomic mass is 16.3. The summed E-state index contributed by atoms with van der Waals surface area (Å²) in [5.41, 5.74) is 5.37. The van der Waals surface area contributed by atoms with Crippen LogP contribution >= 0.6 is 0 Å². The smallest absolute Gasteiger partial charge is 0.251 e. The van der Waals surface area contributed by atoms with Crippen LogP contribution in [0.15, 0.2) is 72.8 Å². The molecule has 1 unspecified atom stereocenters. The van der Waals surface area contributed by atoms with Gasteiger partial charge in [-0.05, 0) is 86.1 Å². The largest absolute Gasteiger partial charge is 0.508 e. The highest BCUT2D eigenvalue weighted by Gasteiger charge is 2.23. The molecule has 0 saturated carbocycles. The number of nitrogens with one attached hydrogen (secondary N) is 1. The highest BCUT2D eigenvalue weighted by Crippen LogP contribution is 2.30. The lowest BCUT2D eigenvalue weighted by Gasteiger charge is -2.32. The van der Waals surface area contributed by atoms with Crippen LogP contribution in [0.1, 0.15) is 40.7 Å². The molecule has 0 aliphatic heterocycles. The van der Waals surface area contributed by atoms with Crippen LogP contribution in [0.25, 0.3) is 11.1 Å². The van der Waals surface area contributed by atoms with Crippen molar-refractivity contribution in [2.45, 2.75) is 38.1 Å². The molecule has 32 heavy (non-hydrogen) atoms. The molecule has 0 saturated heterocycles. The van der Waals surface area contributed by atoms with Gasteiger partial charge in [0.05, 0.1) is 0 Å². The number of fused-ring (bicyclic) bond motifs is 1. The summed E-state index contributed by atoms with van der Waals surface area (Å²) in [6.45, 7) is 1.70. The van der Waals surface area contributed by atoms with Crippen molar-refractivity contribution < 1.29 is 9.90 Å². The number of carbonyl (C=O) groups is 1. The molecule has 0 heterocycles. The van der Waals surface area contributed by atoms with E-state index in [2.05, 4.69) is 35.5 Å². The van der Waals surface area contributed by atoms with Crippen LogP contribution in [-0.2, 0) is 12.8 Å². The molecule has 4 nitrogen and oxygen atoms in total. The number of hydrogen-bond donors (Lipinski definition) is 2. The Morgan fingerprint density at radius 3 is 2.50 bits per heavy atom. The second kappa shape index (κ2) is 10.5. The minimum atomic E-state index is -0.0124. The van der Waals surface area contributed by atoms with Crippen LogP contribution in [0.4, 0.5) is 0 Å². The lowest BCUT2D eigenvalue weighted by molar-refractivity contribution is 0.0952. The number of hydrogen-bond acceptors (Lipinski definition) is 3. The molecule has 1 aliphatic rings. The molecule has 1 aliphatic carbocycles. The number of aromatic hydroxyl groups is 1. The minimum Gasteiger partial charge on any atom is -0.508 e. The molecule has 0 aromatic heterocycles. The molecular weight excluding hydrogens is 396 g/mol. The maximum Gasteiger partial charge on any atom is 0.251 e. The van der Waals surface area contributed by atoms with Gasteiger partial charge in [0.2, 0.25) is 0 Å². The van der Waals surface area contributed by atoms with Gasteiger partial charge in [-0.1, -0.05) is 54.6 Å². The van der Waals surface area contributed by atoms with E-state index in [-0.39, 0.29) is 5.91 Å². The first-order valence-electron chi connectivity index (χ1n) is 11.6. The summed E-state index contributed by atoms with van der Waals surface area (Å²) < 4.78 is 0. The van der Waals surface area contributed by atoms with Crippen LogP contribution in [0.5, 0.6) is 5.75 Å². The lowest BCUT2D eigenvalue weighted by atomic mass is 9.87. The van der Waals surface area contributed by atoms with Crippen molar-refractivity contribution in [2.75, 3.05) is 20.1 Å².